The van der Waals surface area contributed by atoms with Crippen molar-refractivity contribution in [3.05, 3.63) is 0 Å². The maximum absolute atomic E-state index is 11.6. The second-order valence-corrected chi connectivity index (χ2v) is 5.20. The van der Waals surface area contributed by atoms with Crippen molar-refractivity contribution in [3.8, 4) is 0 Å². The van der Waals surface area contributed by atoms with E-state index in [1.54, 1.807) is 4.90 Å². The fourth-order valence-electron chi connectivity index (χ4n) is 1.40. The summed E-state index contributed by atoms with van der Waals surface area (Å²) in [5, 5.41) is 5.84. The van der Waals surface area contributed by atoms with Crippen molar-refractivity contribution in [1.82, 2.24) is 20.3 Å². The van der Waals surface area contributed by atoms with Gasteiger partial charge in [0, 0.05) is 33.6 Å². The van der Waals surface area contributed by atoms with Gasteiger partial charge in [-0.15, -0.1) is 0 Å². The highest BCUT2D eigenvalue weighted by Gasteiger charge is 2.08. The van der Waals surface area contributed by atoms with Gasteiger partial charge < -0.3 is 15.5 Å². The molecule has 0 aliphatic heterocycles. The fourth-order valence-corrected chi connectivity index (χ4v) is 1.40. The summed E-state index contributed by atoms with van der Waals surface area (Å²) >= 11 is 0. The van der Waals surface area contributed by atoms with Crippen molar-refractivity contribution in [2.24, 2.45) is 11.8 Å². The lowest BCUT2D eigenvalue weighted by atomic mass is 10.2. The number of nitrogens with one attached hydrogen (secondary N) is 3. The smallest absolute Gasteiger partial charge is 0.243 e. The van der Waals surface area contributed by atoms with Gasteiger partial charge in [0.25, 0.3) is 0 Å². The summed E-state index contributed by atoms with van der Waals surface area (Å²) in [7, 11) is 3.64. The Morgan fingerprint density at radius 2 is 1.90 bits per heavy atom. The van der Waals surface area contributed by atoms with E-state index in [2.05, 4.69) is 31.0 Å². The Morgan fingerprint density at radius 3 is 2.48 bits per heavy atom. The van der Waals surface area contributed by atoms with Crippen LogP contribution in [0.3, 0.4) is 0 Å². The Hall–Kier alpha value is -2.16. The van der Waals surface area contributed by atoms with Gasteiger partial charge in [0.05, 0.1) is 0 Å². The number of hydrogen-bond donors (Lipinski definition) is 4. The number of carbonyl (C=O) groups excluding carboxylic acids is 1. The van der Waals surface area contributed by atoms with E-state index in [-0.39, 0.29) is 11.9 Å². The van der Waals surface area contributed by atoms with E-state index in [0.717, 1.165) is 0 Å². The molecular formula is C12H24N8O. The minimum absolute atomic E-state index is 0.00439. The number of nitrogens with zero attached hydrogens (tertiary/aromatic N) is 4. The molecule has 0 bridgehead atoms. The number of nitrogens with two attached hydrogens (primary N) is 1. The first-order valence-corrected chi connectivity index (χ1v) is 6.83. The molecule has 0 unspecified atom stereocenters. The third-order valence-corrected chi connectivity index (χ3v) is 2.50. The molecule has 118 valence electrons. The van der Waals surface area contributed by atoms with E-state index in [1.165, 1.54) is 0 Å². The minimum Gasteiger partial charge on any atom is -0.356 e. The van der Waals surface area contributed by atoms with Crippen LogP contribution in [0.4, 0.5) is 17.8 Å². The van der Waals surface area contributed by atoms with Gasteiger partial charge in [0.2, 0.25) is 23.8 Å². The zero-order valence-electron chi connectivity index (χ0n) is 13.0. The first-order chi connectivity index (χ1) is 9.92. The van der Waals surface area contributed by atoms with Crippen LogP contribution in [-0.2, 0) is 4.79 Å². The molecule has 0 radical (unpaired) electrons. The fraction of sp³-hybridized carbons (Fsp3) is 0.667. The molecule has 9 heteroatoms. The number of nitrogen functional groups attached to an aromatic ring is 1. The second-order valence-electron chi connectivity index (χ2n) is 5.20. The van der Waals surface area contributed by atoms with E-state index < -0.39 is 0 Å². The van der Waals surface area contributed by atoms with Crippen LogP contribution in [0.1, 0.15) is 20.3 Å². The lowest BCUT2D eigenvalue weighted by Crippen LogP contribution is -2.29. The van der Waals surface area contributed by atoms with Crippen molar-refractivity contribution >= 4 is 23.8 Å². The molecule has 0 atom stereocenters. The van der Waals surface area contributed by atoms with Gasteiger partial charge in [0.1, 0.15) is 0 Å². The number of amides is 1. The van der Waals surface area contributed by atoms with Crippen molar-refractivity contribution in [2.45, 2.75) is 20.3 Å². The third-order valence-electron chi connectivity index (χ3n) is 2.50. The highest BCUT2D eigenvalue weighted by molar-refractivity contribution is 5.76. The summed E-state index contributed by atoms with van der Waals surface area (Å²) in [6.45, 7) is 5.21. The Kier molecular flexibility index (Phi) is 6.60. The van der Waals surface area contributed by atoms with Gasteiger partial charge >= 0.3 is 0 Å². The van der Waals surface area contributed by atoms with Gasteiger partial charge in [-0.05, 0) is 5.92 Å². The van der Waals surface area contributed by atoms with Crippen LogP contribution in [-0.4, -0.2) is 48.0 Å². The maximum Gasteiger partial charge on any atom is 0.243 e. The molecule has 0 aromatic carbocycles. The number of hydrogen-bond acceptors (Lipinski definition) is 8. The lowest BCUT2D eigenvalue weighted by molar-refractivity contribution is -0.120. The second kappa shape index (κ2) is 8.20. The van der Waals surface area contributed by atoms with E-state index in [9.17, 15) is 4.79 Å². The van der Waals surface area contributed by atoms with Crippen LogP contribution in [0.15, 0.2) is 0 Å². The largest absolute Gasteiger partial charge is 0.356 e. The van der Waals surface area contributed by atoms with Crippen molar-refractivity contribution in [2.75, 3.05) is 42.8 Å². The van der Waals surface area contributed by atoms with Gasteiger partial charge in [0.15, 0.2) is 0 Å². The molecule has 0 aliphatic rings. The van der Waals surface area contributed by atoms with Crippen molar-refractivity contribution in [3.63, 3.8) is 0 Å². The molecule has 1 rings (SSSR count). The molecule has 0 saturated heterocycles. The molecule has 0 fully saturated rings. The number of rotatable bonds is 8. The molecule has 9 nitrogen and oxygen atoms in total. The predicted molar refractivity (Wildman–Crippen MR) is 82.9 cm³/mol. The molecule has 5 N–H and O–H groups in total. The zero-order chi connectivity index (χ0) is 15.8. The van der Waals surface area contributed by atoms with Crippen LogP contribution in [0.25, 0.3) is 0 Å². The van der Waals surface area contributed by atoms with E-state index in [0.29, 0.717) is 37.3 Å². The number of carbonyl (C=O) groups is 1. The molecule has 0 spiro atoms. The molecule has 1 amide bonds. The highest BCUT2D eigenvalue weighted by atomic mass is 16.1. The molecule has 0 saturated carbocycles. The molecule has 1 aromatic heterocycles. The number of anilines is 3. The first-order valence-electron chi connectivity index (χ1n) is 6.83. The van der Waals surface area contributed by atoms with Gasteiger partial charge in [-0.25, -0.2) is 5.84 Å². The third kappa shape index (κ3) is 6.21. The lowest BCUT2D eigenvalue weighted by Gasteiger charge is -2.13. The van der Waals surface area contributed by atoms with Crippen LogP contribution >= 0.6 is 0 Å². The molecule has 0 aliphatic carbocycles. The average Bonchev–Trinajstić information content (AvgIpc) is 2.44. The first kappa shape index (κ1) is 16.9. The summed E-state index contributed by atoms with van der Waals surface area (Å²) in [5.41, 5.74) is 2.39. The molecule has 21 heavy (non-hydrogen) atoms. The summed E-state index contributed by atoms with van der Waals surface area (Å²) in [6, 6.07) is 0. The molecular weight excluding hydrogens is 272 g/mol. The van der Waals surface area contributed by atoms with E-state index >= 15 is 0 Å². The van der Waals surface area contributed by atoms with Gasteiger partial charge in [-0.3, -0.25) is 10.2 Å². The van der Waals surface area contributed by atoms with Gasteiger partial charge in [-0.2, -0.15) is 15.0 Å². The number of aromatic nitrogens is 3. The summed E-state index contributed by atoms with van der Waals surface area (Å²) in [5.74, 6) is 6.87. The Balaban J connectivity index is 2.51. The summed E-state index contributed by atoms with van der Waals surface area (Å²) in [6.07, 6.45) is 0.348. The van der Waals surface area contributed by atoms with Crippen LogP contribution < -0.4 is 26.8 Å². The van der Waals surface area contributed by atoms with Crippen LogP contribution in [0.2, 0.25) is 0 Å². The SMILES string of the molecule is CC(C)CNC(=O)CCNc1nc(NN)nc(N(C)C)n1. The molecule has 1 heterocycles. The van der Waals surface area contributed by atoms with Crippen molar-refractivity contribution in [1.29, 1.82) is 0 Å². The van der Waals surface area contributed by atoms with E-state index in [4.69, 9.17) is 5.84 Å². The summed E-state index contributed by atoms with van der Waals surface area (Å²) < 4.78 is 0. The predicted octanol–water partition coefficient (Wildman–Crippen LogP) is -0.203. The topological polar surface area (TPSA) is 121 Å². The standard InChI is InChI=1S/C12H24N8O/c1-8(2)7-15-9(21)5-6-14-10-16-11(19-13)18-12(17-10)20(3)4/h8H,5-7,13H2,1-4H3,(H,15,21)(H2,14,16,17,18,19). The minimum atomic E-state index is -0.00439. The quantitative estimate of drug-likeness (QED) is 0.384. The van der Waals surface area contributed by atoms with E-state index in [1.807, 2.05) is 27.9 Å². The Labute approximate surface area is 124 Å². The van der Waals surface area contributed by atoms with Crippen LogP contribution in [0.5, 0.6) is 0 Å². The van der Waals surface area contributed by atoms with Crippen molar-refractivity contribution < 1.29 is 4.79 Å². The van der Waals surface area contributed by atoms with Gasteiger partial charge in [-0.1, -0.05) is 13.8 Å². The monoisotopic (exact) mass is 296 g/mol. The average molecular weight is 296 g/mol. The Bertz CT molecular complexity index is 463. The van der Waals surface area contributed by atoms with Crippen LogP contribution in [0, 0.1) is 5.92 Å². The Morgan fingerprint density at radius 1 is 1.24 bits per heavy atom. The summed E-state index contributed by atoms with van der Waals surface area (Å²) in [4.78, 5) is 25.7. The highest BCUT2D eigenvalue weighted by Crippen LogP contribution is 2.10. The molecule has 1 aromatic rings. The maximum atomic E-state index is 11.6. The number of hydrazine groups is 1. The zero-order valence-corrected chi connectivity index (χ0v) is 13.0. The normalized spacial score (nSPS) is 10.4.